The molecule has 110 valence electrons. The first-order valence-corrected chi connectivity index (χ1v) is 7.77. The second-order valence-electron chi connectivity index (χ2n) is 6.36. The Hall–Kier alpha value is -1.03. The summed E-state index contributed by atoms with van der Waals surface area (Å²) < 4.78 is 6.64. The standard InChI is InChI=1S/C16H22BrNO2/c1-10-6-7-13(17)12-8-9-18(11(2)14(10)12)15(19)20-16(3,4)5/h6-7,11H,8-9H2,1-5H3/t11-/m0/s1. The molecule has 1 aromatic rings. The molecule has 1 aromatic carbocycles. The molecule has 1 aliphatic heterocycles. The van der Waals surface area contributed by atoms with Gasteiger partial charge in [0.1, 0.15) is 5.60 Å². The van der Waals surface area contributed by atoms with E-state index in [-0.39, 0.29) is 12.1 Å². The van der Waals surface area contributed by atoms with Crippen molar-refractivity contribution in [3.8, 4) is 0 Å². The summed E-state index contributed by atoms with van der Waals surface area (Å²) in [4.78, 5) is 14.1. The minimum atomic E-state index is -0.455. The largest absolute Gasteiger partial charge is 0.444 e. The summed E-state index contributed by atoms with van der Waals surface area (Å²) in [6.07, 6.45) is 0.635. The Labute approximate surface area is 129 Å². The number of rotatable bonds is 0. The quantitative estimate of drug-likeness (QED) is 0.690. The highest BCUT2D eigenvalue weighted by molar-refractivity contribution is 9.10. The zero-order valence-electron chi connectivity index (χ0n) is 12.8. The summed E-state index contributed by atoms with van der Waals surface area (Å²) in [6.45, 7) is 10.6. The molecule has 0 saturated carbocycles. The van der Waals surface area contributed by atoms with Crippen LogP contribution in [-0.4, -0.2) is 23.1 Å². The third-order valence-electron chi connectivity index (χ3n) is 3.63. The van der Waals surface area contributed by atoms with Crippen LogP contribution in [-0.2, 0) is 11.2 Å². The van der Waals surface area contributed by atoms with Gasteiger partial charge in [-0.25, -0.2) is 4.79 Å². The van der Waals surface area contributed by atoms with Gasteiger partial charge in [0.2, 0.25) is 0 Å². The van der Waals surface area contributed by atoms with E-state index in [2.05, 4.69) is 41.9 Å². The predicted molar refractivity (Wildman–Crippen MR) is 83.9 cm³/mol. The van der Waals surface area contributed by atoms with E-state index in [0.29, 0.717) is 6.54 Å². The number of ether oxygens (including phenoxy) is 1. The molecular formula is C16H22BrNO2. The van der Waals surface area contributed by atoms with Gasteiger partial charge < -0.3 is 9.64 Å². The third kappa shape index (κ3) is 3.00. The van der Waals surface area contributed by atoms with E-state index < -0.39 is 5.60 Å². The normalized spacial score (nSPS) is 18.7. The molecule has 0 aromatic heterocycles. The average Bonchev–Trinajstić information content (AvgIpc) is 2.31. The first kappa shape index (κ1) is 15.4. The Bertz CT molecular complexity index is 534. The number of aryl methyl sites for hydroxylation is 1. The molecule has 1 aliphatic rings. The van der Waals surface area contributed by atoms with Crippen LogP contribution in [0.5, 0.6) is 0 Å². The van der Waals surface area contributed by atoms with Crippen LogP contribution >= 0.6 is 15.9 Å². The summed E-state index contributed by atoms with van der Waals surface area (Å²) in [7, 11) is 0. The van der Waals surface area contributed by atoms with Crippen LogP contribution in [0.25, 0.3) is 0 Å². The van der Waals surface area contributed by atoms with Crippen LogP contribution in [0.2, 0.25) is 0 Å². The van der Waals surface area contributed by atoms with E-state index in [1.807, 2.05) is 25.7 Å². The van der Waals surface area contributed by atoms with Crippen molar-refractivity contribution in [2.75, 3.05) is 6.54 Å². The zero-order chi connectivity index (χ0) is 15.1. The number of carbonyl (C=O) groups excluding carboxylic acids is 1. The van der Waals surface area contributed by atoms with Gasteiger partial charge in [-0.05, 0) is 63.8 Å². The van der Waals surface area contributed by atoms with Crippen LogP contribution in [0.15, 0.2) is 16.6 Å². The van der Waals surface area contributed by atoms with Crippen LogP contribution in [0.3, 0.4) is 0 Å². The Morgan fingerprint density at radius 1 is 1.40 bits per heavy atom. The van der Waals surface area contributed by atoms with Crippen molar-refractivity contribution in [1.29, 1.82) is 0 Å². The van der Waals surface area contributed by atoms with Gasteiger partial charge in [-0.1, -0.05) is 22.0 Å². The van der Waals surface area contributed by atoms with Crippen molar-refractivity contribution in [2.24, 2.45) is 0 Å². The number of benzene rings is 1. The molecule has 20 heavy (non-hydrogen) atoms. The highest BCUT2D eigenvalue weighted by atomic mass is 79.9. The van der Waals surface area contributed by atoms with Gasteiger partial charge >= 0.3 is 6.09 Å². The van der Waals surface area contributed by atoms with Gasteiger partial charge in [-0.2, -0.15) is 0 Å². The lowest BCUT2D eigenvalue weighted by Gasteiger charge is -2.37. The molecule has 0 unspecified atom stereocenters. The number of nitrogens with zero attached hydrogens (tertiary/aromatic N) is 1. The predicted octanol–water partition coefficient (Wildman–Crippen LogP) is 4.61. The molecule has 0 radical (unpaired) electrons. The lowest BCUT2D eigenvalue weighted by atomic mass is 9.90. The van der Waals surface area contributed by atoms with E-state index >= 15 is 0 Å². The van der Waals surface area contributed by atoms with Gasteiger partial charge in [0.25, 0.3) is 0 Å². The van der Waals surface area contributed by atoms with E-state index in [1.165, 1.54) is 16.7 Å². The second kappa shape index (κ2) is 5.40. The highest BCUT2D eigenvalue weighted by Crippen LogP contribution is 2.36. The molecular weight excluding hydrogens is 318 g/mol. The van der Waals surface area contributed by atoms with Gasteiger partial charge in [0.15, 0.2) is 0 Å². The van der Waals surface area contributed by atoms with Crippen molar-refractivity contribution < 1.29 is 9.53 Å². The number of halogens is 1. The summed E-state index contributed by atoms with van der Waals surface area (Å²) >= 11 is 3.61. The highest BCUT2D eigenvalue weighted by Gasteiger charge is 2.32. The van der Waals surface area contributed by atoms with Gasteiger partial charge in [0.05, 0.1) is 6.04 Å². The fourth-order valence-electron chi connectivity index (χ4n) is 2.74. The Morgan fingerprint density at radius 2 is 2.05 bits per heavy atom. The second-order valence-corrected chi connectivity index (χ2v) is 7.21. The van der Waals surface area contributed by atoms with Gasteiger partial charge in [0, 0.05) is 11.0 Å². The number of fused-ring (bicyclic) bond motifs is 1. The van der Waals surface area contributed by atoms with Crippen LogP contribution in [0.1, 0.15) is 50.4 Å². The van der Waals surface area contributed by atoms with Crippen molar-refractivity contribution >= 4 is 22.0 Å². The first-order chi connectivity index (χ1) is 9.20. The smallest absolute Gasteiger partial charge is 0.410 e. The molecule has 3 nitrogen and oxygen atoms in total. The maximum atomic E-state index is 12.3. The SMILES string of the molecule is Cc1ccc(Br)c2c1[C@H](C)N(C(=O)OC(C)(C)C)CC2. The Morgan fingerprint density at radius 3 is 2.65 bits per heavy atom. The van der Waals surface area contributed by atoms with Gasteiger partial charge in [-0.3, -0.25) is 0 Å². The topological polar surface area (TPSA) is 29.5 Å². The maximum Gasteiger partial charge on any atom is 0.410 e. The molecule has 2 rings (SSSR count). The number of carbonyl (C=O) groups is 1. The maximum absolute atomic E-state index is 12.3. The third-order valence-corrected chi connectivity index (χ3v) is 4.38. The summed E-state index contributed by atoms with van der Waals surface area (Å²) in [5.74, 6) is 0. The molecule has 0 fully saturated rings. The van der Waals surface area contributed by atoms with Crippen molar-refractivity contribution in [3.63, 3.8) is 0 Å². The molecule has 0 aliphatic carbocycles. The van der Waals surface area contributed by atoms with Crippen LogP contribution < -0.4 is 0 Å². The fourth-order valence-corrected chi connectivity index (χ4v) is 3.29. The van der Waals surface area contributed by atoms with Crippen LogP contribution in [0, 0.1) is 6.92 Å². The lowest BCUT2D eigenvalue weighted by Crippen LogP contribution is -2.42. The van der Waals surface area contributed by atoms with Crippen LogP contribution in [0.4, 0.5) is 4.79 Å². The molecule has 1 amide bonds. The van der Waals surface area contributed by atoms with Crippen molar-refractivity contribution in [3.05, 3.63) is 33.3 Å². The minimum absolute atomic E-state index is 0.0473. The van der Waals surface area contributed by atoms with Crippen molar-refractivity contribution in [1.82, 2.24) is 4.90 Å². The number of hydrogen-bond donors (Lipinski definition) is 0. The van der Waals surface area contributed by atoms with Gasteiger partial charge in [-0.15, -0.1) is 0 Å². The van der Waals surface area contributed by atoms with E-state index in [1.54, 1.807) is 0 Å². The number of hydrogen-bond acceptors (Lipinski definition) is 2. The molecule has 1 atom stereocenters. The average molecular weight is 340 g/mol. The Kier molecular flexibility index (Phi) is 4.14. The molecule has 4 heteroatoms. The number of amides is 1. The zero-order valence-corrected chi connectivity index (χ0v) is 14.4. The van der Waals surface area contributed by atoms with E-state index in [0.717, 1.165) is 10.9 Å². The monoisotopic (exact) mass is 339 g/mol. The summed E-state index contributed by atoms with van der Waals surface area (Å²) in [5.41, 5.74) is 3.33. The molecule has 1 heterocycles. The lowest BCUT2D eigenvalue weighted by molar-refractivity contribution is 0.0159. The Balaban J connectivity index is 2.30. The molecule has 0 saturated heterocycles. The first-order valence-electron chi connectivity index (χ1n) is 6.98. The minimum Gasteiger partial charge on any atom is -0.444 e. The summed E-state index contributed by atoms with van der Waals surface area (Å²) in [6, 6.07) is 4.23. The molecule has 0 spiro atoms. The van der Waals surface area contributed by atoms with Crippen molar-refractivity contribution in [2.45, 2.75) is 52.7 Å². The fraction of sp³-hybridized carbons (Fsp3) is 0.562. The molecule has 0 bridgehead atoms. The summed E-state index contributed by atoms with van der Waals surface area (Å²) in [5, 5.41) is 0. The van der Waals surface area contributed by atoms with E-state index in [4.69, 9.17) is 4.74 Å². The molecule has 0 N–H and O–H groups in total. The van der Waals surface area contributed by atoms with E-state index in [9.17, 15) is 4.79 Å².